The molecule has 0 aromatic heterocycles. The van der Waals surface area contributed by atoms with Crippen LogP contribution < -0.4 is 0 Å². The molecular weight excluding hydrogens is 338 g/mol. The van der Waals surface area contributed by atoms with Gasteiger partial charge in [-0.05, 0) is 68.3 Å². The normalized spacial score (nSPS) is 28.9. The third-order valence-corrected chi connectivity index (χ3v) is 7.45. The molecule has 0 atom stereocenters. The summed E-state index contributed by atoms with van der Waals surface area (Å²) < 4.78 is 24.8. The Balaban J connectivity index is 1.47. The maximum atomic E-state index is 12.4. The van der Waals surface area contributed by atoms with E-state index in [0.717, 1.165) is 30.6 Å². The zero-order valence-electron chi connectivity index (χ0n) is 17.9. The summed E-state index contributed by atoms with van der Waals surface area (Å²) in [5, 5.41) is 0. The molecule has 0 heterocycles. The van der Waals surface area contributed by atoms with E-state index in [2.05, 4.69) is 6.92 Å². The number of hydrogen-bond donors (Lipinski definition) is 0. The first-order chi connectivity index (χ1) is 13.2. The fourth-order valence-corrected chi connectivity index (χ4v) is 5.65. The fourth-order valence-electron chi connectivity index (χ4n) is 5.65. The van der Waals surface area contributed by atoms with E-state index in [9.17, 15) is 8.78 Å². The summed E-state index contributed by atoms with van der Waals surface area (Å²) in [6.07, 6.45) is 24.1. The van der Waals surface area contributed by atoms with E-state index in [4.69, 9.17) is 0 Å². The first-order valence-corrected chi connectivity index (χ1v) is 12.2. The molecule has 0 nitrogen and oxygen atoms in total. The zero-order chi connectivity index (χ0) is 19.3. The molecule has 158 valence electrons. The van der Waals surface area contributed by atoms with Crippen molar-refractivity contribution >= 4 is 0 Å². The fraction of sp³-hybridized carbons (Fsp3) is 0.920. The summed E-state index contributed by atoms with van der Waals surface area (Å²) in [5.41, 5.74) is 0. The Hall–Kier alpha value is -0.400. The van der Waals surface area contributed by atoms with Crippen molar-refractivity contribution in [2.45, 2.75) is 122 Å². The summed E-state index contributed by atoms with van der Waals surface area (Å²) in [4.78, 5) is 0. The van der Waals surface area contributed by atoms with Crippen molar-refractivity contribution < 1.29 is 8.78 Å². The van der Waals surface area contributed by atoms with Crippen molar-refractivity contribution in [3.8, 4) is 0 Å². The SMILES string of the molecule is CCCCCCCCCCC[C@H]1CC[C@H]([C@H]2CC[C@H](C=C(F)F)CC2)CC1. The first-order valence-electron chi connectivity index (χ1n) is 12.2. The molecule has 0 aliphatic heterocycles. The second-order valence-electron chi connectivity index (χ2n) is 9.53. The van der Waals surface area contributed by atoms with E-state index in [0.29, 0.717) is 0 Å². The molecule has 2 heteroatoms. The molecule has 0 unspecified atom stereocenters. The molecule has 2 saturated carbocycles. The molecule has 0 amide bonds. The second-order valence-corrected chi connectivity index (χ2v) is 9.53. The Kier molecular flexibility index (Phi) is 11.6. The van der Waals surface area contributed by atoms with Crippen molar-refractivity contribution in [1.29, 1.82) is 0 Å². The Bertz CT molecular complexity index is 383. The number of halogens is 2. The molecule has 2 aliphatic carbocycles. The zero-order valence-corrected chi connectivity index (χ0v) is 17.9. The van der Waals surface area contributed by atoms with Crippen LogP contribution in [-0.2, 0) is 0 Å². The van der Waals surface area contributed by atoms with Crippen LogP contribution in [0.5, 0.6) is 0 Å². The van der Waals surface area contributed by atoms with Crippen molar-refractivity contribution in [3.63, 3.8) is 0 Å². The van der Waals surface area contributed by atoms with E-state index >= 15 is 0 Å². The highest BCUT2D eigenvalue weighted by molar-refractivity contribution is 4.92. The van der Waals surface area contributed by atoms with E-state index in [1.165, 1.54) is 109 Å². The molecule has 0 N–H and O–H groups in total. The van der Waals surface area contributed by atoms with Gasteiger partial charge in [0.05, 0.1) is 0 Å². The van der Waals surface area contributed by atoms with Crippen molar-refractivity contribution in [3.05, 3.63) is 12.2 Å². The Morgan fingerprint density at radius 2 is 1.15 bits per heavy atom. The van der Waals surface area contributed by atoms with Crippen LogP contribution in [0.2, 0.25) is 0 Å². The minimum atomic E-state index is -1.48. The van der Waals surface area contributed by atoms with Crippen LogP contribution in [0.4, 0.5) is 8.78 Å². The average molecular weight is 383 g/mol. The molecule has 0 saturated heterocycles. The highest BCUT2D eigenvalue weighted by atomic mass is 19.3. The lowest BCUT2D eigenvalue weighted by Gasteiger charge is -2.37. The summed E-state index contributed by atoms with van der Waals surface area (Å²) in [7, 11) is 0. The molecular formula is C25H44F2. The lowest BCUT2D eigenvalue weighted by atomic mass is 9.68. The van der Waals surface area contributed by atoms with Crippen LogP contribution in [0, 0.1) is 23.7 Å². The maximum absolute atomic E-state index is 12.4. The molecule has 0 aromatic rings. The van der Waals surface area contributed by atoms with Crippen molar-refractivity contribution in [2.24, 2.45) is 23.7 Å². The van der Waals surface area contributed by atoms with Gasteiger partial charge in [0.15, 0.2) is 0 Å². The van der Waals surface area contributed by atoms with Crippen LogP contribution in [0.15, 0.2) is 12.2 Å². The van der Waals surface area contributed by atoms with Gasteiger partial charge in [-0.15, -0.1) is 0 Å². The van der Waals surface area contributed by atoms with Gasteiger partial charge in [0.1, 0.15) is 0 Å². The van der Waals surface area contributed by atoms with Gasteiger partial charge >= 0.3 is 0 Å². The van der Waals surface area contributed by atoms with Gasteiger partial charge in [-0.25, -0.2) is 0 Å². The Morgan fingerprint density at radius 1 is 0.667 bits per heavy atom. The number of rotatable bonds is 12. The smallest absolute Gasteiger partial charge is 0.174 e. The predicted molar refractivity (Wildman–Crippen MR) is 113 cm³/mol. The standard InChI is InChI=1S/C25H44F2/c1-2-3-4-5-6-7-8-9-10-11-21-12-16-23(17-13-21)24-18-14-22(15-19-24)20-25(26)27/h20-24H,2-19H2,1H3/t21-,22-,23-,24-. The summed E-state index contributed by atoms with van der Waals surface area (Å²) in [6.45, 7) is 2.28. The molecule has 0 bridgehead atoms. The third-order valence-electron chi connectivity index (χ3n) is 7.45. The number of allylic oxidation sites excluding steroid dienone is 1. The molecule has 2 aliphatic rings. The average Bonchev–Trinajstić information content (AvgIpc) is 2.67. The first kappa shape index (κ1) is 22.9. The largest absolute Gasteiger partial charge is 0.266 e. The van der Waals surface area contributed by atoms with Gasteiger partial charge < -0.3 is 0 Å². The van der Waals surface area contributed by atoms with Crippen LogP contribution in [0.1, 0.15) is 122 Å². The minimum Gasteiger partial charge on any atom is -0.174 e. The Labute approximate surface area is 167 Å². The maximum Gasteiger partial charge on any atom is 0.266 e. The third kappa shape index (κ3) is 9.57. The van der Waals surface area contributed by atoms with Crippen LogP contribution >= 0.6 is 0 Å². The molecule has 0 spiro atoms. The minimum absolute atomic E-state index is 0.147. The van der Waals surface area contributed by atoms with Crippen LogP contribution in [-0.4, -0.2) is 0 Å². The van der Waals surface area contributed by atoms with Gasteiger partial charge in [-0.1, -0.05) is 84.0 Å². The highest BCUT2D eigenvalue weighted by Crippen LogP contribution is 2.42. The lowest BCUT2D eigenvalue weighted by Crippen LogP contribution is -2.25. The van der Waals surface area contributed by atoms with Gasteiger partial charge in [0.2, 0.25) is 0 Å². The summed E-state index contributed by atoms with van der Waals surface area (Å²) >= 11 is 0. The quantitative estimate of drug-likeness (QED) is 0.295. The molecule has 0 radical (unpaired) electrons. The van der Waals surface area contributed by atoms with Crippen molar-refractivity contribution in [1.82, 2.24) is 0 Å². The monoisotopic (exact) mass is 382 g/mol. The summed E-state index contributed by atoms with van der Waals surface area (Å²) in [6, 6.07) is 0. The van der Waals surface area contributed by atoms with Crippen LogP contribution in [0.3, 0.4) is 0 Å². The predicted octanol–water partition coefficient (Wildman–Crippen LogP) is 9.30. The molecule has 2 fully saturated rings. The van der Waals surface area contributed by atoms with Gasteiger partial charge in [-0.2, -0.15) is 8.78 Å². The van der Waals surface area contributed by atoms with Crippen molar-refractivity contribution in [2.75, 3.05) is 0 Å². The topological polar surface area (TPSA) is 0 Å². The molecule has 2 rings (SSSR count). The van der Waals surface area contributed by atoms with Gasteiger partial charge in [-0.3, -0.25) is 0 Å². The van der Waals surface area contributed by atoms with Gasteiger partial charge in [0, 0.05) is 0 Å². The highest BCUT2D eigenvalue weighted by Gasteiger charge is 2.30. The summed E-state index contributed by atoms with van der Waals surface area (Å²) in [5.74, 6) is 2.84. The molecule has 27 heavy (non-hydrogen) atoms. The van der Waals surface area contributed by atoms with E-state index < -0.39 is 6.08 Å². The second kappa shape index (κ2) is 13.7. The Morgan fingerprint density at radius 3 is 1.67 bits per heavy atom. The molecule has 0 aromatic carbocycles. The lowest BCUT2D eigenvalue weighted by molar-refractivity contribution is 0.150. The van der Waals surface area contributed by atoms with E-state index in [1.54, 1.807) is 0 Å². The van der Waals surface area contributed by atoms with E-state index in [1.807, 2.05) is 0 Å². The van der Waals surface area contributed by atoms with Crippen LogP contribution in [0.25, 0.3) is 0 Å². The van der Waals surface area contributed by atoms with E-state index in [-0.39, 0.29) is 5.92 Å². The number of hydrogen-bond acceptors (Lipinski definition) is 0. The van der Waals surface area contributed by atoms with Gasteiger partial charge in [0.25, 0.3) is 6.08 Å². The number of unbranched alkanes of at least 4 members (excludes halogenated alkanes) is 8.